The van der Waals surface area contributed by atoms with E-state index in [1.165, 1.54) is 4.90 Å². The predicted molar refractivity (Wildman–Crippen MR) is 92.2 cm³/mol. The average molecular weight is 309 g/mol. The number of benzene rings is 1. The Balaban J connectivity index is 2.35. The van der Waals surface area contributed by atoms with E-state index in [1.54, 1.807) is 14.2 Å². The van der Waals surface area contributed by atoms with Gasteiger partial charge in [0.1, 0.15) is 0 Å². The first-order valence-electron chi connectivity index (χ1n) is 7.18. The number of hydrogen-bond donors (Lipinski definition) is 2. The Morgan fingerprint density at radius 1 is 1.29 bits per heavy atom. The highest BCUT2D eigenvalue weighted by atomic mass is 32.2. The molecule has 2 N–H and O–H groups in total. The molecule has 118 valence electrons. The van der Waals surface area contributed by atoms with Crippen LogP contribution in [0.3, 0.4) is 0 Å². The molecule has 1 unspecified atom stereocenters. The summed E-state index contributed by atoms with van der Waals surface area (Å²) in [4.78, 5) is 5.52. The van der Waals surface area contributed by atoms with Gasteiger partial charge in [-0.25, -0.2) is 0 Å². The predicted octanol–water partition coefficient (Wildman–Crippen LogP) is 2.76. The summed E-state index contributed by atoms with van der Waals surface area (Å²) in [7, 11) is 3.50. The van der Waals surface area contributed by atoms with Crippen LogP contribution in [0.1, 0.15) is 20.8 Å². The summed E-state index contributed by atoms with van der Waals surface area (Å²) in [6, 6.07) is 10.4. The molecule has 4 nitrogen and oxygen atoms in total. The van der Waals surface area contributed by atoms with Crippen molar-refractivity contribution in [2.75, 3.05) is 27.2 Å². The van der Waals surface area contributed by atoms with Crippen LogP contribution in [0.2, 0.25) is 0 Å². The molecule has 0 bridgehead atoms. The Hall–Kier alpha value is -1.20. The fourth-order valence-electron chi connectivity index (χ4n) is 1.60. The molecular formula is C16H27N3OS. The quantitative estimate of drug-likeness (QED) is 0.462. The van der Waals surface area contributed by atoms with Crippen LogP contribution in [0.25, 0.3) is 0 Å². The molecule has 1 aromatic carbocycles. The number of thioether (sulfide) groups is 1. The first-order valence-corrected chi connectivity index (χ1v) is 8.06. The molecule has 1 rings (SSSR count). The number of ether oxygens (including phenoxy) is 1. The van der Waals surface area contributed by atoms with Crippen LogP contribution in [0.4, 0.5) is 0 Å². The third-order valence-corrected chi connectivity index (χ3v) is 4.21. The normalized spacial score (nSPS) is 13.9. The number of rotatable bonds is 7. The van der Waals surface area contributed by atoms with Gasteiger partial charge in [0, 0.05) is 37.4 Å². The molecule has 0 spiro atoms. The van der Waals surface area contributed by atoms with Crippen molar-refractivity contribution in [3.63, 3.8) is 0 Å². The standard InChI is InChI=1S/C16H27N3OS/c1-13(21-14-9-7-6-8-10-14)11-18-15(17-4)19-12-16(2,3)20-5/h6-10,13H,11-12H2,1-5H3,(H2,17,18,19). The Labute approximate surface area is 132 Å². The summed E-state index contributed by atoms with van der Waals surface area (Å²) in [6.45, 7) is 7.86. The van der Waals surface area contributed by atoms with Gasteiger partial charge in [0.25, 0.3) is 0 Å². The van der Waals surface area contributed by atoms with E-state index in [0.717, 1.165) is 12.5 Å². The minimum atomic E-state index is -0.206. The van der Waals surface area contributed by atoms with Gasteiger partial charge in [0.2, 0.25) is 0 Å². The van der Waals surface area contributed by atoms with E-state index >= 15 is 0 Å². The smallest absolute Gasteiger partial charge is 0.191 e. The topological polar surface area (TPSA) is 45.7 Å². The van der Waals surface area contributed by atoms with Crippen LogP contribution >= 0.6 is 11.8 Å². The molecule has 5 heteroatoms. The van der Waals surface area contributed by atoms with Crippen molar-refractivity contribution in [2.24, 2.45) is 4.99 Å². The van der Waals surface area contributed by atoms with Crippen LogP contribution < -0.4 is 10.6 Å². The van der Waals surface area contributed by atoms with Crippen molar-refractivity contribution in [3.05, 3.63) is 30.3 Å². The second-order valence-electron chi connectivity index (χ2n) is 5.51. The average Bonchev–Trinajstić information content (AvgIpc) is 2.48. The molecule has 0 fully saturated rings. The van der Waals surface area contributed by atoms with Gasteiger partial charge < -0.3 is 15.4 Å². The Bertz CT molecular complexity index is 434. The van der Waals surface area contributed by atoms with E-state index in [0.29, 0.717) is 11.8 Å². The van der Waals surface area contributed by atoms with Gasteiger partial charge >= 0.3 is 0 Å². The third-order valence-electron chi connectivity index (χ3n) is 3.10. The molecule has 1 aromatic rings. The van der Waals surface area contributed by atoms with Gasteiger partial charge in [-0.05, 0) is 26.0 Å². The number of aliphatic imine (C=N–C) groups is 1. The number of hydrogen-bond acceptors (Lipinski definition) is 3. The largest absolute Gasteiger partial charge is 0.377 e. The maximum absolute atomic E-state index is 5.39. The van der Waals surface area contributed by atoms with Crippen molar-refractivity contribution in [1.29, 1.82) is 0 Å². The van der Waals surface area contributed by atoms with Crippen molar-refractivity contribution in [2.45, 2.75) is 36.5 Å². The summed E-state index contributed by atoms with van der Waals surface area (Å²) in [5, 5.41) is 7.09. The second kappa shape index (κ2) is 8.95. The molecule has 0 aromatic heterocycles. The Kier molecular flexibility index (Phi) is 7.61. The van der Waals surface area contributed by atoms with Gasteiger partial charge in [-0.3, -0.25) is 4.99 Å². The van der Waals surface area contributed by atoms with Crippen LogP contribution in [-0.2, 0) is 4.74 Å². The zero-order valence-corrected chi connectivity index (χ0v) is 14.5. The van der Waals surface area contributed by atoms with E-state index in [-0.39, 0.29) is 5.60 Å². The minimum Gasteiger partial charge on any atom is -0.377 e. The van der Waals surface area contributed by atoms with Gasteiger partial charge in [-0.1, -0.05) is 25.1 Å². The lowest BCUT2D eigenvalue weighted by Crippen LogP contribution is -2.46. The van der Waals surface area contributed by atoms with E-state index in [9.17, 15) is 0 Å². The summed E-state index contributed by atoms with van der Waals surface area (Å²) >= 11 is 1.85. The maximum Gasteiger partial charge on any atom is 0.191 e. The lowest BCUT2D eigenvalue weighted by atomic mass is 10.1. The Morgan fingerprint density at radius 3 is 2.52 bits per heavy atom. The van der Waals surface area contributed by atoms with E-state index in [1.807, 2.05) is 31.7 Å². The molecule has 0 radical (unpaired) electrons. The summed E-state index contributed by atoms with van der Waals surface area (Å²) in [6.07, 6.45) is 0. The highest BCUT2D eigenvalue weighted by Gasteiger charge is 2.16. The number of nitrogens with one attached hydrogen (secondary N) is 2. The molecule has 1 atom stereocenters. The van der Waals surface area contributed by atoms with Crippen LogP contribution in [0.5, 0.6) is 0 Å². The zero-order chi connectivity index (χ0) is 15.7. The van der Waals surface area contributed by atoms with E-state index in [4.69, 9.17) is 4.74 Å². The number of methoxy groups -OCH3 is 1. The van der Waals surface area contributed by atoms with Gasteiger partial charge in [-0.2, -0.15) is 0 Å². The molecule has 0 saturated heterocycles. The first kappa shape index (κ1) is 17.9. The van der Waals surface area contributed by atoms with Crippen LogP contribution in [0.15, 0.2) is 40.2 Å². The highest BCUT2D eigenvalue weighted by Crippen LogP contribution is 2.21. The van der Waals surface area contributed by atoms with Crippen LogP contribution in [-0.4, -0.2) is 44.1 Å². The van der Waals surface area contributed by atoms with Crippen molar-refractivity contribution in [1.82, 2.24) is 10.6 Å². The molecule has 0 saturated carbocycles. The lowest BCUT2D eigenvalue weighted by molar-refractivity contribution is 0.0268. The molecule has 0 heterocycles. The molecule has 0 aliphatic carbocycles. The molecule has 0 aliphatic rings. The van der Waals surface area contributed by atoms with Gasteiger partial charge in [0.05, 0.1) is 5.60 Å². The molecule has 21 heavy (non-hydrogen) atoms. The van der Waals surface area contributed by atoms with Crippen molar-refractivity contribution >= 4 is 17.7 Å². The highest BCUT2D eigenvalue weighted by molar-refractivity contribution is 8.00. The van der Waals surface area contributed by atoms with Crippen LogP contribution in [0, 0.1) is 0 Å². The fraction of sp³-hybridized carbons (Fsp3) is 0.562. The summed E-state index contributed by atoms with van der Waals surface area (Å²) in [5.74, 6) is 0.806. The second-order valence-corrected chi connectivity index (χ2v) is 7.02. The van der Waals surface area contributed by atoms with Crippen molar-refractivity contribution in [3.8, 4) is 0 Å². The van der Waals surface area contributed by atoms with Gasteiger partial charge in [-0.15, -0.1) is 11.8 Å². The fourth-order valence-corrected chi connectivity index (χ4v) is 2.55. The minimum absolute atomic E-state index is 0.206. The molecule has 0 amide bonds. The summed E-state index contributed by atoms with van der Waals surface area (Å²) in [5.41, 5.74) is -0.206. The lowest BCUT2D eigenvalue weighted by Gasteiger charge is -2.25. The van der Waals surface area contributed by atoms with Gasteiger partial charge in [0.15, 0.2) is 5.96 Å². The van der Waals surface area contributed by atoms with E-state index < -0.39 is 0 Å². The monoisotopic (exact) mass is 309 g/mol. The maximum atomic E-state index is 5.39. The SMILES string of the molecule is CN=C(NCC(C)Sc1ccccc1)NCC(C)(C)OC. The van der Waals surface area contributed by atoms with E-state index in [2.05, 4.69) is 46.8 Å². The number of guanidine groups is 1. The zero-order valence-electron chi connectivity index (χ0n) is 13.6. The number of nitrogens with zero attached hydrogens (tertiary/aromatic N) is 1. The summed E-state index contributed by atoms with van der Waals surface area (Å²) < 4.78 is 5.39. The Morgan fingerprint density at radius 2 is 1.95 bits per heavy atom. The molecular weight excluding hydrogens is 282 g/mol. The first-order chi connectivity index (χ1) is 9.96. The molecule has 0 aliphatic heterocycles. The third kappa shape index (κ3) is 7.39. The van der Waals surface area contributed by atoms with Crippen molar-refractivity contribution < 1.29 is 4.74 Å².